The van der Waals surface area contributed by atoms with Gasteiger partial charge in [0.1, 0.15) is 0 Å². The van der Waals surface area contributed by atoms with Crippen LogP contribution in [0.1, 0.15) is 63.0 Å². The summed E-state index contributed by atoms with van der Waals surface area (Å²) in [6.07, 6.45) is 8.23. The molecule has 2 fully saturated rings. The minimum absolute atomic E-state index is 0.0375. The van der Waals surface area contributed by atoms with Crippen molar-refractivity contribution in [1.82, 2.24) is 14.9 Å². The van der Waals surface area contributed by atoms with Crippen molar-refractivity contribution in [2.75, 3.05) is 13.1 Å². The van der Waals surface area contributed by atoms with Crippen LogP contribution in [0.15, 0.2) is 17.1 Å². The molecule has 0 unspecified atom stereocenters. The number of carbonyl (C=O) groups excluding carboxylic acids is 1. The van der Waals surface area contributed by atoms with Gasteiger partial charge in [0.25, 0.3) is 0 Å². The Morgan fingerprint density at radius 3 is 2.87 bits per heavy atom. The molecule has 0 spiro atoms. The third-order valence-corrected chi connectivity index (χ3v) is 5.18. The lowest BCUT2D eigenvalue weighted by Gasteiger charge is -2.37. The lowest BCUT2D eigenvalue weighted by molar-refractivity contribution is -0.139. The predicted molar refractivity (Wildman–Crippen MR) is 86.1 cm³/mol. The maximum atomic E-state index is 12.6. The number of H-pyrrole nitrogens is 1. The van der Waals surface area contributed by atoms with Crippen molar-refractivity contribution in [3.8, 4) is 0 Å². The second-order valence-electron chi connectivity index (χ2n) is 6.97. The molecule has 1 aliphatic carbocycles. The molecule has 126 valence electrons. The minimum atomic E-state index is -0.812. The molecule has 1 aromatic heterocycles. The number of amides is 1. The Morgan fingerprint density at radius 1 is 1.35 bits per heavy atom. The van der Waals surface area contributed by atoms with Crippen LogP contribution in [-0.2, 0) is 4.79 Å². The van der Waals surface area contributed by atoms with Crippen molar-refractivity contribution in [3.05, 3.63) is 28.4 Å². The predicted octanol–water partition coefficient (Wildman–Crippen LogP) is 1.56. The Balaban J connectivity index is 1.63. The van der Waals surface area contributed by atoms with Gasteiger partial charge in [-0.15, -0.1) is 0 Å². The van der Waals surface area contributed by atoms with Crippen LogP contribution in [0.2, 0.25) is 0 Å². The first-order valence-electron chi connectivity index (χ1n) is 8.61. The monoisotopic (exact) mass is 319 g/mol. The smallest absolute Gasteiger partial charge is 0.345 e. The first kappa shape index (κ1) is 16.2. The fourth-order valence-corrected chi connectivity index (χ4v) is 3.86. The third-order valence-electron chi connectivity index (χ3n) is 5.18. The highest BCUT2D eigenvalue weighted by Gasteiger charge is 2.34. The van der Waals surface area contributed by atoms with Crippen LogP contribution in [-0.4, -0.2) is 44.6 Å². The van der Waals surface area contributed by atoms with E-state index in [1.165, 1.54) is 6.20 Å². The fraction of sp³-hybridized carbons (Fsp3) is 0.706. The largest absolute Gasteiger partial charge is 0.389 e. The SMILES string of the molecule is O=C(CC1(O)CCCCC1)N1CCC[C@H](c2ccnc(=O)[nH]2)C1. The Hall–Kier alpha value is -1.69. The van der Waals surface area contributed by atoms with E-state index in [0.717, 1.165) is 57.2 Å². The van der Waals surface area contributed by atoms with Gasteiger partial charge in [0, 0.05) is 30.9 Å². The normalized spacial score (nSPS) is 24.4. The average molecular weight is 319 g/mol. The van der Waals surface area contributed by atoms with Gasteiger partial charge in [0.15, 0.2) is 0 Å². The van der Waals surface area contributed by atoms with Gasteiger partial charge in [0.2, 0.25) is 5.91 Å². The van der Waals surface area contributed by atoms with E-state index in [0.29, 0.717) is 6.54 Å². The van der Waals surface area contributed by atoms with Crippen LogP contribution in [0.5, 0.6) is 0 Å². The van der Waals surface area contributed by atoms with Crippen LogP contribution in [0, 0.1) is 0 Å². The molecule has 6 heteroatoms. The summed E-state index contributed by atoms with van der Waals surface area (Å²) in [5, 5.41) is 10.6. The number of nitrogens with zero attached hydrogens (tertiary/aromatic N) is 2. The molecule has 6 nitrogen and oxygen atoms in total. The Kier molecular flexibility index (Phi) is 4.80. The second kappa shape index (κ2) is 6.83. The van der Waals surface area contributed by atoms with Gasteiger partial charge in [-0.3, -0.25) is 4.79 Å². The number of aliphatic hydroxyl groups is 1. The molecule has 2 heterocycles. The van der Waals surface area contributed by atoms with E-state index in [1.807, 2.05) is 11.0 Å². The Labute approximate surface area is 135 Å². The van der Waals surface area contributed by atoms with E-state index in [2.05, 4.69) is 9.97 Å². The fourth-order valence-electron chi connectivity index (χ4n) is 3.86. The number of rotatable bonds is 3. The summed E-state index contributed by atoms with van der Waals surface area (Å²) < 4.78 is 0. The van der Waals surface area contributed by atoms with E-state index in [1.54, 1.807) is 0 Å². The lowest BCUT2D eigenvalue weighted by Crippen LogP contribution is -2.44. The zero-order valence-corrected chi connectivity index (χ0v) is 13.5. The molecule has 1 aromatic rings. The van der Waals surface area contributed by atoms with Crippen molar-refractivity contribution >= 4 is 5.91 Å². The molecular weight excluding hydrogens is 294 g/mol. The molecule has 1 amide bonds. The van der Waals surface area contributed by atoms with E-state index in [-0.39, 0.29) is 23.9 Å². The molecule has 1 atom stereocenters. The van der Waals surface area contributed by atoms with Crippen LogP contribution in [0.3, 0.4) is 0 Å². The minimum Gasteiger partial charge on any atom is -0.389 e. The quantitative estimate of drug-likeness (QED) is 0.885. The Morgan fingerprint density at radius 2 is 2.13 bits per heavy atom. The molecule has 1 saturated carbocycles. The zero-order chi connectivity index (χ0) is 16.3. The van der Waals surface area contributed by atoms with Crippen molar-refractivity contribution < 1.29 is 9.90 Å². The molecule has 2 aliphatic rings. The van der Waals surface area contributed by atoms with Gasteiger partial charge in [-0.2, -0.15) is 0 Å². The highest BCUT2D eigenvalue weighted by molar-refractivity contribution is 5.77. The number of likely N-dealkylation sites (tertiary alicyclic amines) is 1. The lowest BCUT2D eigenvalue weighted by atomic mass is 9.82. The number of aromatic amines is 1. The molecule has 1 aliphatic heterocycles. The summed E-state index contributed by atoms with van der Waals surface area (Å²) >= 11 is 0. The number of carbonyl (C=O) groups is 1. The van der Waals surface area contributed by atoms with Gasteiger partial charge < -0.3 is 15.0 Å². The first-order valence-corrected chi connectivity index (χ1v) is 8.61. The molecule has 1 saturated heterocycles. The third kappa shape index (κ3) is 3.99. The van der Waals surface area contributed by atoms with Crippen LogP contribution >= 0.6 is 0 Å². The topological polar surface area (TPSA) is 86.3 Å². The average Bonchev–Trinajstić information content (AvgIpc) is 2.55. The van der Waals surface area contributed by atoms with Crippen molar-refractivity contribution in [2.24, 2.45) is 0 Å². The molecule has 0 aromatic carbocycles. The molecule has 3 rings (SSSR count). The van der Waals surface area contributed by atoms with Crippen LogP contribution in [0.4, 0.5) is 0 Å². The zero-order valence-electron chi connectivity index (χ0n) is 13.5. The van der Waals surface area contributed by atoms with Crippen LogP contribution in [0.25, 0.3) is 0 Å². The number of hydrogen-bond acceptors (Lipinski definition) is 4. The summed E-state index contributed by atoms with van der Waals surface area (Å²) in [7, 11) is 0. The Bertz CT molecular complexity index is 607. The molecule has 0 bridgehead atoms. The van der Waals surface area contributed by atoms with Gasteiger partial charge in [0.05, 0.1) is 12.0 Å². The number of nitrogens with one attached hydrogen (secondary N) is 1. The molecule has 0 radical (unpaired) electrons. The van der Waals surface area contributed by atoms with Crippen molar-refractivity contribution in [2.45, 2.75) is 62.9 Å². The summed E-state index contributed by atoms with van der Waals surface area (Å²) in [5.41, 5.74) is -0.311. The standard InChI is InChI=1S/C17H25N3O3/c21-15(11-17(23)7-2-1-3-8-17)20-10-4-5-13(12-20)14-6-9-18-16(22)19-14/h6,9,13,23H,1-5,7-8,10-12H2,(H,18,19,22)/t13-/m0/s1. The number of hydrogen-bond donors (Lipinski definition) is 2. The first-order chi connectivity index (χ1) is 11.1. The summed E-state index contributed by atoms with van der Waals surface area (Å²) in [4.78, 5) is 32.2. The summed E-state index contributed by atoms with van der Waals surface area (Å²) in [6.45, 7) is 1.34. The maximum absolute atomic E-state index is 12.6. The molecule has 2 N–H and O–H groups in total. The van der Waals surface area contributed by atoms with Gasteiger partial charge in [-0.25, -0.2) is 9.78 Å². The van der Waals surface area contributed by atoms with E-state index in [4.69, 9.17) is 0 Å². The second-order valence-corrected chi connectivity index (χ2v) is 6.97. The summed E-state index contributed by atoms with van der Waals surface area (Å²) in [5.74, 6) is 0.180. The van der Waals surface area contributed by atoms with Gasteiger partial charge in [-0.1, -0.05) is 19.3 Å². The van der Waals surface area contributed by atoms with Crippen molar-refractivity contribution in [3.63, 3.8) is 0 Å². The van der Waals surface area contributed by atoms with Crippen LogP contribution < -0.4 is 5.69 Å². The van der Waals surface area contributed by atoms with E-state index < -0.39 is 5.60 Å². The maximum Gasteiger partial charge on any atom is 0.345 e. The van der Waals surface area contributed by atoms with Gasteiger partial charge >= 0.3 is 5.69 Å². The molecular formula is C17H25N3O3. The van der Waals surface area contributed by atoms with E-state index in [9.17, 15) is 14.7 Å². The highest BCUT2D eigenvalue weighted by Crippen LogP contribution is 2.32. The highest BCUT2D eigenvalue weighted by atomic mass is 16.3. The van der Waals surface area contributed by atoms with Gasteiger partial charge in [-0.05, 0) is 31.7 Å². The summed E-state index contributed by atoms with van der Waals surface area (Å²) in [6, 6.07) is 1.81. The number of piperidine rings is 1. The van der Waals surface area contributed by atoms with Crippen molar-refractivity contribution in [1.29, 1.82) is 0 Å². The number of aromatic nitrogens is 2. The van der Waals surface area contributed by atoms with E-state index >= 15 is 0 Å². The molecule has 23 heavy (non-hydrogen) atoms.